The van der Waals surface area contributed by atoms with E-state index in [1.165, 1.54) is 31.5 Å². The first-order valence-electron chi connectivity index (χ1n) is 7.88. The number of methoxy groups -OCH3 is 1. The molecule has 2 aliphatic rings. The molecule has 3 rings (SSSR count). The van der Waals surface area contributed by atoms with E-state index in [1.54, 1.807) is 0 Å². The number of rotatable bonds is 4. The Bertz CT molecular complexity index is 462. The van der Waals surface area contributed by atoms with Crippen LogP contribution in [0.3, 0.4) is 0 Å². The van der Waals surface area contributed by atoms with Gasteiger partial charge in [-0.25, -0.2) is 0 Å². The van der Waals surface area contributed by atoms with Gasteiger partial charge in [-0.3, -0.25) is 4.90 Å². The second-order valence-electron chi connectivity index (χ2n) is 6.56. The highest BCUT2D eigenvalue weighted by atomic mass is 79.9. The van der Waals surface area contributed by atoms with Crippen molar-refractivity contribution >= 4 is 28.3 Å². The Labute approximate surface area is 148 Å². The number of nitrogens with one attached hydrogen (secondary N) is 1. The number of benzene rings is 1. The van der Waals surface area contributed by atoms with Crippen molar-refractivity contribution in [3.63, 3.8) is 0 Å². The van der Waals surface area contributed by atoms with Crippen LogP contribution >= 0.6 is 28.3 Å². The Kier molecular flexibility index (Phi) is 6.72. The summed E-state index contributed by atoms with van der Waals surface area (Å²) in [5.41, 5.74) is 1.87. The van der Waals surface area contributed by atoms with E-state index >= 15 is 0 Å². The third-order valence-corrected chi connectivity index (χ3v) is 5.70. The number of likely N-dealkylation sites (tertiary alicyclic amines) is 1. The minimum atomic E-state index is 0. The van der Waals surface area contributed by atoms with Crippen molar-refractivity contribution in [3.05, 3.63) is 34.3 Å². The molecular weight excluding hydrogens is 364 g/mol. The van der Waals surface area contributed by atoms with E-state index in [2.05, 4.69) is 50.4 Å². The number of hydrogen-bond acceptors (Lipinski definition) is 3. The van der Waals surface area contributed by atoms with Gasteiger partial charge in [0.1, 0.15) is 0 Å². The summed E-state index contributed by atoms with van der Waals surface area (Å²) in [7, 11) is 1.84. The van der Waals surface area contributed by atoms with Crippen molar-refractivity contribution in [1.29, 1.82) is 0 Å². The van der Waals surface area contributed by atoms with Crippen LogP contribution in [-0.2, 0) is 11.3 Å². The Balaban J connectivity index is 0.00000176. The first kappa shape index (κ1) is 18.2. The average Bonchev–Trinajstić information content (AvgIpc) is 2.80. The lowest BCUT2D eigenvalue weighted by molar-refractivity contribution is 0.0716. The van der Waals surface area contributed by atoms with Crippen molar-refractivity contribution in [3.8, 4) is 0 Å². The largest absolute Gasteiger partial charge is 0.384 e. The monoisotopic (exact) mass is 388 g/mol. The molecule has 1 aromatic carbocycles. The fourth-order valence-electron chi connectivity index (χ4n) is 4.03. The van der Waals surface area contributed by atoms with Crippen molar-refractivity contribution in [2.45, 2.75) is 19.4 Å². The van der Waals surface area contributed by atoms with Crippen LogP contribution in [0.25, 0.3) is 0 Å². The number of hydrogen-bond donors (Lipinski definition) is 1. The van der Waals surface area contributed by atoms with Gasteiger partial charge < -0.3 is 10.1 Å². The molecule has 0 aliphatic carbocycles. The summed E-state index contributed by atoms with van der Waals surface area (Å²) in [6, 6.07) is 8.72. The number of nitrogens with zero attached hydrogens (tertiary/aromatic N) is 1. The van der Waals surface area contributed by atoms with Gasteiger partial charge >= 0.3 is 0 Å². The Hall–Kier alpha value is -0.130. The average molecular weight is 390 g/mol. The quantitative estimate of drug-likeness (QED) is 0.855. The van der Waals surface area contributed by atoms with Gasteiger partial charge in [-0.15, -0.1) is 12.4 Å². The van der Waals surface area contributed by atoms with Crippen LogP contribution in [0, 0.1) is 11.3 Å². The molecule has 0 amide bonds. The zero-order valence-corrected chi connectivity index (χ0v) is 15.6. The molecule has 2 heterocycles. The highest BCUT2D eigenvalue weighted by Gasteiger charge is 2.46. The van der Waals surface area contributed by atoms with Crippen LogP contribution in [-0.4, -0.2) is 44.8 Å². The SMILES string of the molecule is COCC1CN(Cc2ccc(Br)cc2)CC12CCNCC2.Cl. The topological polar surface area (TPSA) is 24.5 Å². The fourth-order valence-corrected chi connectivity index (χ4v) is 4.30. The summed E-state index contributed by atoms with van der Waals surface area (Å²) in [5, 5.41) is 3.50. The maximum atomic E-state index is 5.51. The minimum Gasteiger partial charge on any atom is -0.384 e. The number of halogens is 2. The summed E-state index contributed by atoms with van der Waals surface area (Å²) in [5.74, 6) is 0.681. The zero-order chi connectivity index (χ0) is 14.7. The maximum Gasteiger partial charge on any atom is 0.0508 e. The summed E-state index contributed by atoms with van der Waals surface area (Å²) in [6.45, 7) is 6.67. The molecule has 2 aliphatic heterocycles. The van der Waals surface area contributed by atoms with E-state index in [-0.39, 0.29) is 12.4 Å². The van der Waals surface area contributed by atoms with Gasteiger partial charge in [-0.05, 0) is 49.0 Å². The van der Waals surface area contributed by atoms with Crippen LogP contribution in [0.1, 0.15) is 18.4 Å². The Morgan fingerprint density at radius 2 is 1.95 bits per heavy atom. The normalized spacial score (nSPS) is 24.4. The lowest BCUT2D eigenvalue weighted by Gasteiger charge is -2.38. The van der Waals surface area contributed by atoms with Crippen molar-refractivity contribution in [2.24, 2.45) is 11.3 Å². The lowest BCUT2D eigenvalue weighted by Crippen LogP contribution is -2.43. The summed E-state index contributed by atoms with van der Waals surface area (Å²) < 4.78 is 6.67. The third kappa shape index (κ3) is 4.04. The molecule has 1 N–H and O–H groups in total. The van der Waals surface area contributed by atoms with E-state index in [0.717, 1.165) is 30.7 Å². The van der Waals surface area contributed by atoms with E-state index in [0.29, 0.717) is 11.3 Å². The Morgan fingerprint density at radius 1 is 1.27 bits per heavy atom. The molecule has 1 unspecified atom stereocenters. The number of piperidine rings is 1. The molecule has 0 radical (unpaired) electrons. The van der Waals surface area contributed by atoms with Crippen LogP contribution in [0.4, 0.5) is 0 Å². The molecular formula is C17H26BrClN2O. The first-order valence-corrected chi connectivity index (χ1v) is 8.68. The molecule has 3 nitrogen and oxygen atoms in total. The Morgan fingerprint density at radius 3 is 2.59 bits per heavy atom. The van der Waals surface area contributed by atoms with Crippen molar-refractivity contribution in [2.75, 3.05) is 39.9 Å². The maximum absolute atomic E-state index is 5.51. The van der Waals surface area contributed by atoms with E-state index in [1.807, 2.05) is 7.11 Å². The van der Waals surface area contributed by atoms with Gasteiger partial charge in [-0.2, -0.15) is 0 Å². The first-order chi connectivity index (χ1) is 10.2. The summed E-state index contributed by atoms with van der Waals surface area (Å²) in [6.07, 6.45) is 2.58. The van der Waals surface area contributed by atoms with E-state index in [9.17, 15) is 0 Å². The molecule has 0 saturated carbocycles. The van der Waals surface area contributed by atoms with Gasteiger partial charge in [0.25, 0.3) is 0 Å². The molecule has 124 valence electrons. The predicted octanol–water partition coefficient (Wildman–Crippen LogP) is 3.32. The fraction of sp³-hybridized carbons (Fsp3) is 0.647. The second kappa shape index (κ2) is 8.11. The lowest BCUT2D eigenvalue weighted by atomic mass is 9.71. The second-order valence-corrected chi connectivity index (χ2v) is 7.48. The molecule has 22 heavy (non-hydrogen) atoms. The van der Waals surface area contributed by atoms with Gasteiger partial charge in [0.05, 0.1) is 6.61 Å². The van der Waals surface area contributed by atoms with E-state index < -0.39 is 0 Å². The molecule has 1 aromatic rings. The molecule has 2 fully saturated rings. The van der Waals surface area contributed by atoms with Gasteiger partial charge in [0, 0.05) is 37.1 Å². The third-order valence-electron chi connectivity index (χ3n) is 5.17. The highest BCUT2D eigenvalue weighted by Crippen LogP contribution is 2.43. The molecule has 1 atom stereocenters. The van der Waals surface area contributed by atoms with Gasteiger partial charge in [0.2, 0.25) is 0 Å². The smallest absolute Gasteiger partial charge is 0.0508 e. The van der Waals surface area contributed by atoms with Crippen LogP contribution < -0.4 is 5.32 Å². The van der Waals surface area contributed by atoms with Crippen LogP contribution in [0.15, 0.2) is 28.7 Å². The molecule has 1 spiro atoms. The van der Waals surface area contributed by atoms with Crippen LogP contribution in [0.5, 0.6) is 0 Å². The van der Waals surface area contributed by atoms with E-state index in [4.69, 9.17) is 4.74 Å². The zero-order valence-electron chi connectivity index (χ0n) is 13.2. The molecule has 2 saturated heterocycles. The summed E-state index contributed by atoms with van der Waals surface area (Å²) in [4.78, 5) is 2.62. The molecule has 0 aromatic heterocycles. The minimum absolute atomic E-state index is 0. The predicted molar refractivity (Wildman–Crippen MR) is 96.6 cm³/mol. The van der Waals surface area contributed by atoms with Crippen molar-refractivity contribution < 1.29 is 4.74 Å². The van der Waals surface area contributed by atoms with Gasteiger partial charge in [0.15, 0.2) is 0 Å². The van der Waals surface area contributed by atoms with Crippen molar-refractivity contribution in [1.82, 2.24) is 10.2 Å². The van der Waals surface area contributed by atoms with Crippen LogP contribution in [0.2, 0.25) is 0 Å². The standard InChI is InChI=1S/C17H25BrN2O.ClH/c1-21-12-15-11-20(10-14-2-4-16(18)5-3-14)13-17(15)6-8-19-9-7-17;/h2-5,15,19H,6-13H2,1H3;1H. The van der Waals surface area contributed by atoms with Gasteiger partial charge in [-0.1, -0.05) is 28.1 Å². The molecule has 0 bridgehead atoms. The highest BCUT2D eigenvalue weighted by molar-refractivity contribution is 9.10. The number of ether oxygens (including phenoxy) is 1. The molecule has 5 heteroatoms. The summed E-state index contributed by atoms with van der Waals surface area (Å²) >= 11 is 3.51.